The zero-order chi connectivity index (χ0) is 22.8. The second-order valence-corrected chi connectivity index (χ2v) is 9.52. The number of imidazole rings is 1. The summed E-state index contributed by atoms with van der Waals surface area (Å²) >= 11 is 1.56. The van der Waals surface area contributed by atoms with Crippen molar-refractivity contribution >= 4 is 33.2 Å². The molecule has 176 valence electrons. The Kier molecular flexibility index (Phi) is 6.45. The number of rotatable bonds is 7. The van der Waals surface area contributed by atoms with Crippen LogP contribution < -0.4 is 10.2 Å². The van der Waals surface area contributed by atoms with Gasteiger partial charge in [0.15, 0.2) is 5.82 Å². The van der Waals surface area contributed by atoms with Gasteiger partial charge in [-0.15, -0.1) is 5.10 Å². The number of carbonyl (C=O) groups excluding carboxylic acids is 1. The van der Waals surface area contributed by atoms with Crippen LogP contribution in [0, 0.1) is 5.82 Å². The molecule has 3 heterocycles. The van der Waals surface area contributed by atoms with Gasteiger partial charge in [-0.3, -0.25) is 9.69 Å². The van der Waals surface area contributed by atoms with Gasteiger partial charge in [0.05, 0.1) is 13.2 Å². The minimum atomic E-state index is -0.257. The van der Waals surface area contributed by atoms with E-state index in [1.54, 1.807) is 23.5 Å². The fourth-order valence-corrected chi connectivity index (χ4v) is 5.51. The van der Waals surface area contributed by atoms with Crippen LogP contribution in [0.4, 0.5) is 15.3 Å². The summed E-state index contributed by atoms with van der Waals surface area (Å²) in [5.74, 6) is 0.453. The van der Waals surface area contributed by atoms with Gasteiger partial charge >= 0.3 is 5.97 Å². The minimum absolute atomic E-state index is 0.172. The molecular weight excluding hydrogens is 443 g/mol. The Morgan fingerprint density at radius 3 is 2.61 bits per heavy atom. The van der Waals surface area contributed by atoms with Crippen molar-refractivity contribution < 1.29 is 13.9 Å². The molecule has 5 rings (SSSR count). The molecule has 2 aromatic heterocycles. The predicted molar refractivity (Wildman–Crippen MR) is 127 cm³/mol. The van der Waals surface area contributed by atoms with E-state index in [9.17, 15) is 9.18 Å². The standard InChI is InChI=1S/C23H29FN6O2S/c1-2-32-19(31)15-28-11-13-29(14-12-28)23-27-30-21(25-18-5-3-4-6-18)20(26-22(30)33-23)16-7-9-17(24)10-8-16/h7-10,18,25H,2-6,11-15H2,1H3. The quantitative estimate of drug-likeness (QED) is 0.526. The highest BCUT2D eigenvalue weighted by molar-refractivity contribution is 7.20. The Labute approximate surface area is 196 Å². The lowest BCUT2D eigenvalue weighted by atomic mass is 10.1. The Morgan fingerprint density at radius 2 is 1.91 bits per heavy atom. The molecular formula is C23H29FN6O2S. The number of carbonyl (C=O) groups is 1. The van der Waals surface area contributed by atoms with Gasteiger partial charge in [0.25, 0.3) is 0 Å². The van der Waals surface area contributed by atoms with Crippen molar-refractivity contribution in [2.75, 3.05) is 49.5 Å². The van der Waals surface area contributed by atoms with E-state index < -0.39 is 0 Å². The normalized spacial score (nSPS) is 17.7. The highest BCUT2D eigenvalue weighted by Crippen LogP contribution is 2.35. The van der Waals surface area contributed by atoms with E-state index in [-0.39, 0.29) is 11.8 Å². The van der Waals surface area contributed by atoms with Gasteiger partial charge in [-0.05, 0) is 44.0 Å². The van der Waals surface area contributed by atoms with Gasteiger partial charge in [-0.25, -0.2) is 9.37 Å². The third kappa shape index (κ3) is 4.81. The lowest BCUT2D eigenvalue weighted by Gasteiger charge is -2.33. The molecule has 2 fully saturated rings. The fraction of sp³-hybridized carbons (Fsp3) is 0.522. The number of aromatic nitrogens is 3. The van der Waals surface area contributed by atoms with Crippen molar-refractivity contribution in [1.29, 1.82) is 0 Å². The summed E-state index contributed by atoms with van der Waals surface area (Å²) in [6.45, 7) is 5.74. The van der Waals surface area contributed by atoms with Gasteiger partial charge < -0.3 is 15.0 Å². The Balaban J connectivity index is 1.37. The van der Waals surface area contributed by atoms with Crippen molar-refractivity contribution in [3.63, 3.8) is 0 Å². The predicted octanol–water partition coefficient (Wildman–Crippen LogP) is 3.64. The number of piperazine rings is 1. The van der Waals surface area contributed by atoms with E-state index in [0.29, 0.717) is 19.2 Å². The molecule has 1 aliphatic carbocycles. The molecule has 0 amide bonds. The molecule has 0 bridgehead atoms. The maximum absolute atomic E-state index is 13.5. The number of benzene rings is 1. The number of ether oxygens (including phenoxy) is 1. The first-order valence-electron chi connectivity index (χ1n) is 11.7. The number of fused-ring (bicyclic) bond motifs is 1. The Morgan fingerprint density at radius 1 is 1.18 bits per heavy atom. The minimum Gasteiger partial charge on any atom is -0.465 e. The number of hydrogen-bond donors (Lipinski definition) is 1. The van der Waals surface area contributed by atoms with Crippen molar-refractivity contribution in [1.82, 2.24) is 19.5 Å². The van der Waals surface area contributed by atoms with E-state index in [1.807, 2.05) is 11.4 Å². The van der Waals surface area contributed by atoms with Crippen LogP contribution >= 0.6 is 11.3 Å². The molecule has 0 atom stereocenters. The summed E-state index contributed by atoms with van der Waals surface area (Å²) < 4.78 is 20.5. The largest absolute Gasteiger partial charge is 0.465 e. The number of nitrogens with zero attached hydrogens (tertiary/aromatic N) is 5. The van der Waals surface area contributed by atoms with Crippen LogP contribution in [0.5, 0.6) is 0 Å². The maximum Gasteiger partial charge on any atom is 0.320 e. The second-order valence-electron chi connectivity index (χ2n) is 8.59. The number of nitrogens with one attached hydrogen (secondary N) is 1. The van der Waals surface area contributed by atoms with Crippen LogP contribution in [-0.4, -0.2) is 70.8 Å². The number of hydrogen-bond acceptors (Lipinski definition) is 8. The summed E-state index contributed by atoms with van der Waals surface area (Å²) in [6.07, 6.45) is 4.72. The van der Waals surface area contributed by atoms with E-state index in [4.69, 9.17) is 14.8 Å². The van der Waals surface area contributed by atoms with Gasteiger partial charge in [0, 0.05) is 37.8 Å². The molecule has 0 unspecified atom stereocenters. The lowest BCUT2D eigenvalue weighted by molar-refractivity contribution is -0.144. The van der Waals surface area contributed by atoms with Gasteiger partial charge in [-0.1, -0.05) is 24.2 Å². The first kappa shape index (κ1) is 22.1. The maximum atomic E-state index is 13.5. The first-order valence-corrected chi connectivity index (χ1v) is 12.5. The van der Waals surface area contributed by atoms with Crippen LogP contribution in [0.2, 0.25) is 0 Å². The third-order valence-electron chi connectivity index (χ3n) is 6.31. The van der Waals surface area contributed by atoms with Crippen molar-refractivity contribution in [2.45, 2.75) is 38.6 Å². The summed E-state index contributed by atoms with van der Waals surface area (Å²) in [5.41, 5.74) is 1.69. The fourth-order valence-electron chi connectivity index (χ4n) is 4.55. The van der Waals surface area contributed by atoms with Gasteiger partial charge in [-0.2, -0.15) is 4.52 Å². The van der Waals surface area contributed by atoms with Crippen molar-refractivity contribution in [3.05, 3.63) is 30.1 Å². The molecule has 10 heteroatoms. The van der Waals surface area contributed by atoms with E-state index in [1.165, 1.54) is 25.0 Å². The smallest absolute Gasteiger partial charge is 0.320 e. The summed E-state index contributed by atoms with van der Waals surface area (Å²) in [5, 5.41) is 9.51. The molecule has 2 aliphatic rings. The molecule has 8 nitrogen and oxygen atoms in total. The first-order chi connectivity index (χ1) is 16.1. The second kappa shape index (κ2) is 9.64. The van der Waals surface area contributed by atoms with Gasteiger partial charge in [0.1, 0.15) is 11.5 Å². The topological polar surface area (TPSA) is 75.0 Å². The van der Waals surface area contributed by atoms with Gasteiger partial charge in [0.2, 0.25) is 10.1 Å². The Bertz CT molecular complexity index is 1100. The summed E-state index contributed by atoms with van der Waals surface area (Å²) in [7, 11) is 0. The molecule has 0 spiro atoms. The Hall–Kier alpha value is -2.72. The van der Waals surface area contributed by atoms with E-state index in [0.717, 1.165) is 66.2 Å². The highest BCUT2D eigenvalue weighted by Gasteiger charge is 2.26. The number of esters is 1. The number of halogens is 1. The zero-order valence-corrected chi connectivity index (χ0v) is 19.6. The molecule has 1 saturated heterocycles. The van der Waals surface area contributed by atoms with Crippen LogP contribution in [0.1, 0.15) is 32.6 Å². The highest BCUT2D eigenvalue weighted by atomic mass is 32.1. The summed E-state index contributed by atoms with van der Waals surface area (Å²) in [4.78, 5) is 21.8. The average molecular weight is 473 g/mol. The molecule has 0 radical (unpaired) electrons. The molecule has 1 aromatic carbocycles. The lowest BCUT2D eigenvalue weighted by Crippen LogP contribution is -2.48. The van der Waals surface area contributed by atoms with E-state index in [2.05, 4.69) is 15.1 Å². The van der Waals surface area contributed by atoms with E-state index >= 15 is 0 Å². The van der Waals surface area contributed by atoms with Crippen LogP contribution in [0.15, 0.2) is 24.3 Å². The van der Waals surface area contributed by atoms with Crippen LogP contribution in [0.25, 0.3) is 16.2 Å². The monoisotopic (exact) mass is 472 g/mol. The summed E-state index contributed by atoms with van der Waals surface area (Å²) in [6, 6.07) is 6.88. The van der Waals surface area contributed by atoms with Crippen LogP contribution in [0.3, 0.4) is 0 Å². The SMILES string of the molecule is CCOC(=O)CN1CCN(c2nn3c(NC4CCCC4)c(-c4ccc(F)cc4)nc3s2)CC1. The average Bonchev–Trinajstić information content (AvgIpc) is 3.53. The molecule has 1 aliphatic heterocycles. The molecule has 33 heavy (non-hydrogen) atoms. The third-order valence-corrected chi connectivity index (χ3v) is 7.28. The number of anilines is 2. The molecule has 1 N–H and O–H groups in total. The zero-order valence-electron chi connectivity index (χ0n) is 18.8. The van der Waals surface area contributed by atoms with Crippen LogP contribution in [-0.2, 0) is 9.53 Å². The van der Waals surface area contributed by atoms with Crippen molar-refractivity contribution in [3.8, 4) is 11.3 Å². The van der Waals surface area contributed by atoms with Crippen molar-refractivity contribution in [2.24, 2.45) is 0 Å². The molecule has 3 aromatic rings. The molecule has 1 saturated carbocycles.